The third kappa shape index (κ3) is 2.53. The Morgan fingerprint density at radius 2 is 1.76 bits per heavy atom. The van der Waals surface area contributed by atoms with Crippen molar-refractivity contribution in [1.82, 2.24) is 4.90 Å². The van der Waals surface area contributed by atoms with Crippen molar-refractivity contribution in [2.24, 2.45) is 17.8 Å². The minimum Gasteiger partial charge on any atom is -0.385 e. The van der Waals surface area contributed by atoms with Gasteiger partial charge in [-0.15, -0.1) is 0 Å². The van der Waals surface area contributed by atoms with Gasteiger partial charge in [0.2, 0.25) is 0 Å². The summed E-state index contributed by atoms with van der Waals surface area (Å²) in [4.78, 5) is 2.63. The molecule has 0 aromatic heterocycles. The molecule has 2 aliphatic carbocycles. The SMILES string of the molecule is OC1(c2ccc3ccccc3c2)C2CCC(C2)C1CN1CCCCC1. The summed E-state index contributed by atoms with van der Waals surface area (Å²) in [5, 5.41) is 14.5. The summed E-state index contributed by atoms with van der Waals surface area (Å²) < 4.78 is 0. The van der Waals surface area contributed by atoms with E-state index in [1.165, 1.54) is 68.0 Å². The molecule has 0 radical (unpaired) electrons. The Labute approximate surface area is 150 Å². The largest absolute Gasteiger partial charge is 0.385 e. The maximum Gasteiger partial charge on any atom is 0.0967 e. The molecule has 5 rings (SSSR count). The molecule has 132 valence electrons. The van der Waals surface area contributed by atoms with Crippen molar-refractivity contribution in [2.75, 3.05) is 19.6 Å². The fourth-order valence-corrected chi connectivity index (χ4v) is 6.04. The third-order valence-electron chi connectivity index (χ3n) is 7.35. The van der Waals surface area contributed by atoms with Crippen LogP contribution in [0.1, 0.15) is 44.1 Å². The standard InChI is InChI=1S/C23H29NO/c25-23(20-10-8-17-6-2-3-7-18(17)14-20)21-11-9-19(15-21)22(23)16-24-12-4-1-5-13-24/h2-3,6-8,10,14,19,21-22,25H,1,4-5,9,11-13,15-16H2. The van der Waals surface area contributed by atoms with E-state index >= 15 is 0 Å². The molecule has 3 aliphatic rings. The molecular formula is C23H29NO. The molecule has 0 amide bonds. The lowest BCUT2D eigenvalue weighted by Gasteiger charge is -2.43. The van der Waals surface area contributed by atoms with Gasteiger partial charge in [-0.2, -0.15) is 0 Å². The predicted molar refractivity (Wildman–Crippen MR) is 102 cm³/mol. The number of rotatable bonds is 3. The Hall–Kier alpha value is -1.38. The molecule has 2 saturated carbocycles. The molecule has 2 bridgehead atoms. The van der Waals surface area contributed by atoms with Gasteiger partial charge in [0, 0.05) is 12.5 Å². The van der Waals surface area contributed by atoms with E-state index in [4.69, 9.17) is 0 Å². The molecule has 4 atom stereocenters. The first-order chi connectivity index (χ1) is 12.2. The van der Waals surface area contributed by atoms with Crippen molar-refractivity contribution in [3.05, 3.63) is 48.0 Å². The molecule has 1 saturated heterocycles. The van der Waals surface area contributed by atoms with Crippen LogP contribution in [0.25, 0.3) is 10.8 Å². The zero-order valence-electron chi connectivity index (χ0n) is 15.0. The first-order valence-corrected chi connectivity index (χ1v) is 10.2. The summed E-state index contributed by atoms with van der Waals surface area (Å²) in [5.74, 6) is 1.57. The fourth-order valence-electron chi connectivity index (χ4n) is 6.04. The predicted octanol–water partition coefficient (Wildman–Crippen LogP) is 4.56. The van der Waals surface area contributed by atoms with E-state index in [0.717, 1.165) is 6.54 Å². The molecule has 4 unspecified atom stereocenters. The van der Waals surface area contributed by atoms with Crippen LogP contribution in [-0.2, 0) is 5.60 Å². The number of piperidine rings is 1. The topological polar surface area (TPSA) is 23.5 Å². The van der Waals surface area contributed by atoms with Crippen LogP contribution in [0.4, 0.5) is 0 Å². The van der Waals surface area contributed by atoms with Gasteiger partial charge in [0.25, 0.3) is 0 Å². The Morgan fingerprint density at radius 1 is 0.960 bits per heavy atom. The summed E-state index contributed by atoms with van der Waals surface area (Å²) in [5.41, 5.74) is 0.546. The molecule has 25 heavy (non-hydrogen) atoms. The minimum atomic E-state index is -0.621. The Kier molecular flexibility index (Phi) is 3.87. The van der Waals surface area contributed by atoms with Gasteiger partial charge in [0.15, 0.2) is 0 Å². The Balaban J connectivity index is 1.51. The average Bonchev–Trinajstić information content (AvgIpc) is 3.24. The molecule has 2 heteroatoms. The number of likely N-dealkylation sites (tertiary alicyclic amines) is 1. The quantitative estimate of drug-likeness (QED) is 0.889. The normalized spacial score (nSPS) is 35.5. The molecule has 2 aromatic rings. The van der Waals surface area contributed by atoms with Crippen LogP contribution in [0, 0.1) is 17.8 Å². The van der Waals surface area contributed by atoms with E-state index < -0.39 is 5.60 Å². The van der Waals surface area contributed by atoms with Crippen LogP contribution in [0.3, 0.4) is 0 Å². The van der Waals surface area contributed by atoms with E-state index in [0.29, 0.717) is 17.8 Å². The van der Waals surface area contributed by atoms with E-state index in [2.05, 4.69) is 47.4 Å². The van der Waals surface area contributed by atoms with Crippen LogP contribution in [-0.4, -0.2) is 29.6 Å². The number of aliphatic hydroxyl groups is 1. The highest BCUT2D eigenvalue weighted by atomic mass is 16.3. The van der Waals surface area contributed by atoms with E-state index in [1.54, 1.807) is 0 Å². The third-order valence-corrected chi connectivity index (χ3v) is 7.35. The van der Waals surface area contributed by atoms with E-state index in [1.807, 2.05) is 0 Å². The Morgan fingerprint density at radius 3 is 2.60 bits per heavy atom. The van der Waals surface area contributed by atoms with Crippen molar-refractivity contribution in [2.45, 2.75) is 44.1 Å². The second-order valence-electron chi connectivity index (χ2n) is 8.63. The van der Waals surface area contributed by atoms with Gasteiger partial charge in [-0.05, 0) is 79.4 Å². The van der Waals surface area contributed by atoms with Crippen molar-refractivity contribution in [3.8, 4) is 0 Å². The lowest BCUT2D eigenvalue weighted by atomic mass is 9.70. The van der Waals surface area contributed by atoms with Gasteiger partial charge in [-0.25, -0.2) is 0 Å². The highest BCUT2D eigenvalue weighted by Crippen LogP contribution is 2.59. The Bertz CT molecular complexity index is 766. The highest BCUT2D eigenvalue weighted by Gasteiger charge is 2.58. The minimum absolute atomic E-state index is 0.408. The average molecular weight is 335 g/mol. The molecular weight excluding hydrogens is 306 g/mol. The summed E-state index contributed by atoms with van der Waals surface area (Å²) in [6.07, 6.45) is 7.78. The number of nitrogens with zero attached hydrogens (tertiary/aromatic N) is 1. The van der Waals surface area contributed by atoms with Crippen LogP contribution < -0.4 is 0 Å². The smallest absolute Gasteiger partial charge is 0.0967 e. The maximum atomic E-state index is 12.0. The number of benzene rings is 2. The second kappa shape index (κ2) is 6.10. The van der Waals surface area contributed by atoms with Crippen molar-refractivity contribution >= 4 is 10.8 Å². The molecule has 1 N–H and O–H groups in total. The van der Waals surface area contributed by atoms with Crippen molar-refractivity contribution in [3.63, 3.8) is 0 Å². The first kappa shape index (κ1) is 15.8. The van der Waals surface area contributed by atoms with Crippen molar-refractivity contribution in [1.29, 1.82) is 0 Å². The number of hydrogen-bond donors (Lipinski definition) is 1. The van der Waals surface area contributed by atoms with Gasteiger partial charge < -0.3 is 10.0 Å². The van der Waals surface area contributed by atoms with Gasteiger partial charge >= 0.3 is 0 Å². The fraction of sp³-hybridized carbons (Fsp3) is 0.565. The first-order valence-electron chi connectivity index (χ1n) is 10.2. The van der Waals surface area contributed by atoms with Gasteiger partial charge in [0.1, 0.15) is 0 Å². The lowest BCUT2D eigenvalue weighted by molar-refractivity contribution is -0.0775. The maximum absolute atomic E-state index is 12.0. The summed E-state index contributed by atoms with van der Waals surface area (Å²) in [6, 6.07) is 15.2. The molecule has 3 fully saturated rings. The lowest BCUT2D eigenvalue weighted by Crippen LogP contribution is -2.47. The van der Waals surface area contributed by atoms with E-state index in [9.17, 15) is 5.11 Å². The molecule has 1 heterocycles. The second-order valence-corrected chi connectivity index (χ2v) is 8.63. The van der Waals surface area contributed by atoms with Gasteiger partial charge in [-0.1, -0.05) is 42.8 Å². The van der Waals surface area contributed by atoms with Crippen LogP contribution in [0.5, 0.6) is 0 Å². The van der Waals surface area contributed by atoms with Gasteiger partial charge in [-0.3, -0.25) is 0 Å². The molecule has 2 aromatic carbocycles. The molecule has 1 aliphatic heterocycles. The summed E-state index contributed by atoms with van der Waals surface area (Å²) >= 11 is 0. The molecule has 0 spiro atoms. The highest BCUT2D eigenvalue weighted by molar-refractivity contribution is 5.83. The zero-order chi connectivity index (χ0) is 16.9. The number of fused-ring (bicyclic) bond motifs is 3. The number of hydrogen-bond acceptors (Lipinski definition) is 2. The van der Waals surface area contributed by atoms with E-state index in [-0.39, 0.29) is 0 Å². The summed E-state index contributed by atoms with van der Waals surface area (Å²) in [7, 11) is 0. The monoisotopic (exact) mass is 335 g/mol. The summed E-state index contributed by atoms with van der Waals surface area (Å²) in [6.45, 7) is 3.54. The van der Waals surface area contributed by atoms with Crippen LogP contribution in [0.15, 0.2) is 42.5 Å². The van der Waals surface area contributed by atoms with Crippen LogP contribution in [0.2, 0.25) is 0 Å². The molecule has 2 nitrogen and oxygen atoms in total. The van der Waals surface area contributed by atoms with Crippen molar-refractivity contribution < 1.29 is 5.11 Å². The van der Waals surface area contributed by atoms with Crippen LogP contribution >= 0.6 is 0 Å². The van der Waals surface area contributed by atoms with Gasteiger partial charge in [0.05, 0.1) is 5.60 Å². The zero-order valence-corrected chi connectivity index (χ0v) is 15.0.